The third-order valence-corrected chi connectivity index (χ3v) is 6.78. The van der Waals surface area contributed by atoms with Crippen molar-refractivity contribution in [2.24, 2.45) is 7.05 Å². The van der Waals surface area contributed by atoms with Crippen LogP contribution in [0.3, 0.4) is 0 Å². The number of carbonyl (C=O) groups excluding carboxylic acids is 2. The fourth-order valence-electron chi connectivity index (χ4n) is 4.31. The molecular weight excluding hydrogens is 514 g/mol. The summed E-state index contributed by atoms with van der Waals surface area (Å²) in [5.74, 6) is -1.34. The van der Waals surface area contributed by atoms with Crippen molar-refractivity contribution < 1.29 is 23.9 Å². The number of para-hydroxylation sites is 1. The van der Waals surface area contributed by atoms with Crippen LogP contribution in [-0.2, 0) is 23.2 Å². The van der Waals surface area contributed by atoms with Gasteiger partial charge in [-0.05, 0) is 47.6 Å². The van der Waals surface area contributed by atoms with Crippen molar-refractivity contribution >= 4 is 52.7 Å². The van der Waals surface area contributed by atoms with Crippen LogP contribution in [0, 0.1) is 0 Å². The second-order valence-corrected chi connectivity index (χ2v) is 9.35. The molecule has 196 valence electrons. The number of amides is 2. The number of rotatable bonds is 8. The lowest BCUT2D eigenvalue weighted by molar-refractivity contribution is -0.746. The van der Waals surface area contributed by atoms with Crippen LogP contribution in [0.15, 0.2) is 89.5 Å². The second-order valence-electron chi connectivity index (χ2n) is 8.98. The first-order valence-electron chi connectivity index (χ1n) is 12.3. The molecule has 0 saturated carbocycles. The Kier molecular flexibility index (Phi) is 7.46. The molecule has 1 unspecified atom stereocenters. The number of aryl methyl sites for hydroxylation is 1. The molecule has 0 radical (unpaired) electrons. The van der Waals surface area contributed by atoms with Crippen LogP contribution in [0.4, 0.5) is 11.4 Å². The van der Waals surface area contributed by atoms with E-state index in [9.17, 15) is 14.7 Å². The highest BCUT2D eigenvalue weighted by molar-refractivity contribution is 7.80. The zero-order chi connectivity index (χ0) is 27.4. The van der Waals surface area contributed by atoms with E-state index >= 15 is 0 Å². The van der Waals surface area contributed by atoms with Gasteiger partial charge >= 0.3 is 0 Å². The zero-order valence-electron chi connectivity index (χ0n) is 21.1. The SMILES string of the molecule is C[n+]1noc([O-])c1CN1C(=S)N(c2ccccc2)C(=O)C1CC(=O)Nc1ccc(/C=C/c2ccccc2)cc1. The molecule has 1 aliphatic heterocycles. The molecule has 4 aromatic rings. The molecule has 1 N–H and O–H groups in total. The predicted octanol–water partition coefficient (Wildman–Crippen LogP) is 3.27. The van der Waals surface area contributed by atoms with Gasteiger partial charge in [0.15, 0.2) is 18.1 Å². The van der Waals surface area contributed by atoms with E-state index in [2.05, 4.69) is 10.6 Å². The molecule has 1 saturated heterocycles. The van der Waals surface area contributed by atoms with Crippen LogP contribution in [0.1, 0.15) is 23.2 Å². The lowest BCUT2D eigenvalue weighted by atomic mass is 10.1. The topological polar surface area (TPSA) is 106 Å². The van der Waals surface area contributed by atoms with Gasteiger partial charge in [0.1, 0.15) is 12.6 Å². The quantitative estimate of drug-likeness (QED) is 0.208. The molecule has 2 heterocycles. The minimum Gasteiger partial charge on any atom is -0.539 e. The third kappa shape index (κ3) is 5.70. The normalized spacial score (nSPS) is 15.4. The van der Waals surface area contributed by atoms with Crippen molar-refractivity contribution in [2.75, 3.05) is 10.2 Å². The number of thiocarbonyl (C=S) groups is 1. The van der Waals surface area contributed by atoms with E-state index in [4.69, 9.17) is 16.7 Å². The van der Waals surface area contributed by atoms with E-state index in [-0.39, 0.29) is 35.6 Å². The number of carbonyl (C=O) groups is 2. The van der Waals surface area contributed by atoms with Crippen molar-refractivity contribution in [3.8, 4) is 5.95 Å². The first-order valence-corrected chi connectivity index (χ1v) is 12.7. The lowest BCUT2D eigenvalue weighted by Crippen LogP contribution is -2.42. The number of nitrogens with one attached hydrogen (secondary N) is 1. The monoisotopic (exact) mass is 539 g/mol. The summed E-state index contributed by atoms with van der Waals surface area (Å²) < 4.78 is 6.03. The number of nitrogens with zero attached hydrogens (tertiary/aromatic N) is 4. The van der Waals surface area contributed by atoms with E-state index in [1.165, 1.54) is 9.58 Å². The predicted molar refractivity (Wildman–Crippen MR) is 148 cm³/mol. The van der Waals surface area contributed by atoms with Crippen LogP contribution in [-0.4, -0.2) is 33.1 Å². The van der Waals surface area contributed by atoms with Crippen LogP contribution >= 0.6 is 12.2 Å². The van der Waals surface area contributed by atoms with Gasteiger partial charge in [-0.3, -0.25) is 14.5 Å². The van der Waals surface area contributed by atoms with Gasteiger partial charge in [-0.15, -0.1) is 0 Å². The number of hydrogen-bond donors (Lipinski definition) is 1. The summed E-state index contributed by atoms with van der Waals surface area (Å²) in [5.41, 5.74) is 3.46. The van der Waals surface area contributed by atoms with E-state index in [0.29, 0.717) is 11.4 Å². The molecule has 39 heavy (non-hydrogen) atoms. The first kappa shape index (κ1) is 25.8. The Hall–Kier alpha value is -4.83. The Morgan fingerprint density at radius 1 is 1.03 bits per heavy atom. The molecule has 9 nitrogen and oxygen atoms in total. The molecule has 0 spiro atoms. The molecule has 1 fully saturated rings. The van der Waals surface area contributed by atoms with Gasteiger partial charge in [0.25, 0.3) is 11.6 Å². The highest BCUT2D eigenvalue weighted by atomic mass is 32.1. The highest BCUT2D eigenvalue weighted by Crippen LogP contribution is 2.29. The molecule has 5 rings (SSSR count). The second kappa shape index (κ2) is 11.3. The maximum absolute atomic E-state index is 13.5. The van der Waals surface area contributed by atoms with Gasteiger partial charge in [-0.25, -0.2) is 0 Å². The Bertz CT molecular complexity index is 1500. The molecule has 0 aliphatic carbocycles. The summed E-state index contributed by atoms with van der Waals surface area (Å²) >= 11 is 5.65. The Morgan fingerprint density at radius 2 is 1.64 bits per heavy atom. The van der Waals surface area contributed by atoms with Crippen molar-refractivity contribution in [1.82, 2.24) is 10.2 Å². The number of aromatic nitrogens is 2. The molecule has 3 aromatic carbocycles. The molecule has 0 bridgehead atoms. The minimum atomic E-state index is -0.917. The summed E-state index contributed by atoms with van der Waals surface area (Å²) in [5, 5.41) is 18.9. The van der Waals surface area contributed by atoms with Crippen molar-refractivity contribution in [3.63, 3.8) is 0 Å². The average Bonchev–Trinajstić information content (AvgIpc) is 3.39. The lowest BCUT2D eigenvalue weighted by Gasteiger charge is -2.22. The number of hydrogen-bond acceptors (Lipinski definition) is 6. The van der Waals surface area contributed by atoms with Crippen LogP contribution in [0.2, 0.25) is 0 Å². The van der Waals surface area contributed by atoms with Crippen LogP contribution in [0.25, 0.3) is 12.2 Å². The molecule has 1 aliphatic rings. The summed E-state index contributed by atoms with van der Waals surface area (Å²) in [4.78, 5) is 29.6. The Morgan fingerprint density at radius 3 is 2.26 bits per heavy atom. The molecule has 1 aromatic heterocycles. The Labute approximate surface area is 230 Å². The zero-order valence-corrected chi connectivity index (χ0v) is 21.9. The molecule has 10 heteroatoms. The van der Waals surface area contributed by atoms with Crippen LogP contribution < -0.4 is 20.0 Å². The average molecular weight is 540 g/mol. The van der Waals surface area contributed by atoms with E-state index < -0.39 is 12.0 Å². The smallest absolute Gasteiger partial charge is 0.256 e. The van der Waals surface area contributed by atoms with E-state index in [0.717, 1.165) is 11.1 Å². The molecular formula is C29H25N5O4S. The fourth-order valence-corrected chi connectivity index (χ4v) is 4.70. The maximum Gasteiger partial charge on any atom is 0.256 e. The van der Waals surface area contributed by atoms with Crippen LogP contribution in [0.5, 0.6) is 5.95 Å². The number of benzene rings is 3. The minimum absolute atomic E-state index is 0.0346. The summed E-state index contributed by atoms with van der Waals surface area (Å²) in [7, 11) is 1.57. The van der Waals surface area contributed by atoms with Gasteiger partial charge in [-0.2, -0.15) is 0 Å². The van der Waals surface area contributed by atoms with Gasteiger partial charge < -0.3 is 19.8 Å². The van der Waals surface area contributed by atoms with Gasteiger partial charge in [-0.1, -0.05) is 77.5 Å². The van der Waals surface area contributed by atoms with Gasteiger partial charge in [0.05, 0.1) is 17.4 Å². The van der Waals surface area contributed by atoms with Crippen molar-refractivity contribution in [3.05, 3.63) is 102 Å². The maximum atomic E-state index is 13.5. The standard InChI is InChI=1S/C29H25N5O4S/c1-32-25(28(37)38-31-32)19-33-24(27(36)34(29(33)39)23-10-6-3-7-11-23)18-26(35)30-22-16-14-21(15-17-22)13-12-20-8-4-2-5-9-20/h2-17,24H,18-19H2,1H3,(H-,30,31,35,37)/b13-12+. The Balaban J connectivity index is 1.31. The largest absolute Gasteiger partial charge is 0.539 e. The van der Waals surface area contributed by atoms with E-state index in [1.807, 2.05) is 60.7 Å². The summed E-state index contributed by atoms with van der Waals surface area (Å²) in [6.45, 7) is -0.0346. The molecule has 1 atom stereocenters. The van der Waals surface area contributed by atoms with E-state index in [1.54, 1.807) is 48.3 Å². The van der Waals surface area contributed by atoms with Gasteiger partial charge in [0.2, 0.25) is 5.91 Å². The number of anilines is 2. The molecule has 2 amide bonds. The highest BCUT2D eigenvalue weighted by Gasteiger charge is 2.45. The fraction of sp³-hybridized carbons (Fsp3) is 0.138. The first-order chi connectivity index (χ1) is 18.9. The third-order valence-electron chi connectivity index (χ3n) is 6.37. The van der Waals surface area contributed by atoms with Crippen molar-refractivity contribution in [2.45, 2.75) is 19.0 Å². The summed E-state index contributed by atoms with van der Waals surface area (Å²) in [6, 6.07) is 25.4. The van der Waals surface area contributed by atoms with Crippen molar-refractivity contribution in [1.29, 1.82) is 0 Å². The van der Waals surface area contributed by atoms with Gasteiger partial charge in [0, 0.05) is 5.69 Å². The summed E-state index contributed by atoms with van der Waals surface area (Å²) in [6.07, 6.45) is 3.84.